The molecule has 0 spiro atoms. The van der Waals surface area contributed by atoms with Crippen molar-refractivity contribution in [1.82, 2.24) is 10.6 Å². The molecule has 1 aromatic carbocycles. The molecule has 0 aliphatic carbocycles. The molecular formula is C17H26N2O3. The Labute approximate surface area is 132 Å². The first-order valence-electron chi connectivity index (χ1n) is 7.65. The predicted molar refractivity (Wildman–Crippen MR) is 86.6 cm³/mol. The Hall–Kier alpha value is -2.04. The van der Waals surface area contributed by atoms with E-state index in [1.807, 2.05) is 52.0 Å². The van der Waals surface area contributed by atoms with Crippen LogP contribution < -0.4 is 15.4 Å². The van der Waals surface area contributed by atoms with E-state index in [-0.39, 0.29) is 23.8 Å². The fraction of sp³-hybridized carbons (Fsp3) is 0.529. The minimum atomic E-state index is -0.525. The quantitative estimate of drug-likeness (QED) is 0.813. The zero-order valence-corrected chi connectivity index (χ0v) is 14.0. The largest absolute Gasteiger partial charge is 0.494 e. The van der Waals surface area contributed by atoms with Crippen molar-refractivity contribution in [3.63, 3.8) is 0 Å². The summed E-state index contributed by atoms with van der Waals surface area (Å²) in [6.07, 6.45) is 0. The van der Waals surface area contributed by atoms with Gasteiger partial charge in [0.05, 0.1) is 12.6 Å². The molecule has 0 aliphatic rings. The molecule has 0 aliphatic heterocycles. The highest BCUT2D eigenvalue weighted by Gasteiger charge is 2.24. The van der Waals surface area contributed by atoms with E-state index in [4.69, 9.17) is 4.74 Å². The van der Waals surface area contributed by atoms with Gasteiger partial charge >= 0.3 is 0 Å². The third-order valence-electron chi connectivity index (χ3n) is 3.36. The Bertz CT molecular complexity index is 497. The fourth-order valence-electron chi connectivity index (χ4n) is 2.16. The Balaban J connectivity index is 2.70. The van der Waals surface area contributed by atoms with E-state index in [9.17, 15) is 9.59 Å². The summed E-state index contributed by atoms with van der Waals surface area (Å²) in [5.41, 5.74) is 0.988. The van der Waals surface area contributed by atoms with E-state index in [0.29, 0.717) is 6.61 Å². The lowest BCUT2D eigenvalue weighted by atomic mass is 10.0. The van der Waals surface area contributed by atoms with Crippen molar-refractivity contribution in [1.29, 1.82) is 0 Å². The van der Waals surface area contributed by atoms with Crippen LogP contribution in [0.1, 0.15) is 46.2 Å². The Morgan fingerprint density at radius 1 is 1.09 bits per heavy atom. The molecule has 0 radical (unpaired) electrons. The van der Waals surface area contributed by atoms with Gasteiger partial charge in [-0.2, -0.15) is 0 Å². The summed E-state index contributed by atoms with van der Waals surface area (Å²) >= 11 is 0. The highest BCUT2D eigenvalue weighted by atomic mass is 16.5. The summed E-state index contributed by atoms with van der Waals surface area (Å²) in [4.78, 5) is 23.5. The van der Waals surface area contributed by atoms with Crippen LogP contribution in [0.4, 0.5) is 0 Å². The van der Waals surface area contributed by atoms with Crippen LogP contribution in [0.15, 0.2) is 24.3 Å². The van der Waals surface area contributed by atoms with Crippen molar-refractivity contribution in [3.8, 4) is 5.75 Å². The number of amides is 2. The lowest BCUT2D eigenvalue weighted by molar-refractivity contribution is -0.129. The number of rotatable bonds is 7. The van der Waals surface area contributed by atoms with Crippen LogP contribution in [-0.4, -0.2) is 24.5 Å². The molecule has 0 bridgehead atoms. The topological polar surface area (TPSA) is 67.4 Å². The normalized spacial score (nSPS) is 13.4. The number of benzene rings is 1. The van der Waals surface area contributed by atoms with Crippen molar-refractivity contribution >= 4 is 11.8 Å². The van der Waals surface area contributed by atoms with Crippen molar-refractivity contribution in [2.24, 2.45) is 5.92 Å². The molecule has 5 heteroatoms. The first-order chi connectivity index (χ1) is 10.3. The lowest BCUT2D eigenvalue weighted by Gasteiger charge is -2.23. The zero-order chi connectivity index (χ0) is 16.7. The third kappa shape index (κ3) is 5.39. The number of ether oxygens (including phenoxy) is 1. The minimum absolute atomic E-state index is 0.0245. The van der Waals surface area contributed by atoms with Crippen LogP contribution >= 0.6 is 0 Å². The highest BCUT2D eigenvalue weighted by Crippen LogP contribution is 2.18. The Kier molecular flexibility index (Phi) is 6.89. The van der Waals surface area contributed by atoms with Crippen LogP contribution in [0, 0.1) is 5.92 Å². The SMILES string of the molecule is CCOc1ccc([C@H](C)NC(=O)[C@@H](NC(C)=O)C(C)C)cc1. The second-order valence-corrected chi connectivity index (χ2v) is 5.65. The average Bonchev–Trinajstić information content (AvgIpc) is 2.45. The third-order valence-corrected chi connectivity index (χ3v) is 3.36. The molecule has 2 amide bonds. The van der Waals surface area contributed by atoms with Gasteiger partial charge in [-0.1, -0.05) is 26.0 Å². The van der Waals surface area contributed by atoms with E-state index >= 15 is 0 Å². The lowest BCUT2D eigenvalue weighted by Crippen LogP contribution is -2.49. The molecule has 1 aromatic rings. The zero-order valence-electron chi connectivity index (χ0n) is 14.0. The van der Waals surface area contributed by atoms with Gasteiger partial charge < -0.3 is 15.4 Å². The summed E-state index contributed by atoms with van der Waals surface area (Å²) in [6.45, 7) is 9.70. The molecule has 22 heavy (non-hydrogen) atoms. The number of nitrogens with one attached hydrogen (secondary N) is 2. The first kappa shape index (κ1) is 18.0. The molecule has 2 N–H and O–H groups in total. The van der Waals surface area contributed by atoms with Crippen LogP contribution in [0.25, 0.3) is 0 Å². The molecule has 122 valence electrons. The van der Waals surface area contributed by atoms with Crippen molar-refractivity contribution < 1.29 is 14.3 Å². The van der Waals surface area contributed by atoms with E-state index in [0.717, 1.165) is 11.3 Å². The molecule has 0 saturated heterocycles. The Morgan fingerprint density at radius 3 is 2.14 bits per heavy atom. The van der Waals surface area contributed by atoms with Gasteiger partial charge in [-0.15, -0.1) is 0 Å². The minimum Gasteiger partial charge on any atom is -0.494 e. The van der Waals surface area contributed by atoms with Crippen molar-refractivity contribution in [2.75, 3.05) is 6.61 Å². The first-order valence-corrected chi connectivity index (χ1v) is 7.65. The molecule has 1 rings (SSSR count). The average molecular weight is 306 g/mol. The Morgan fingerprint density at radius 2 is 1.68 bits per heavy atom. The van der Waals surface area contributed by atoms with Gasteiger partial charge in [0.15, 0.2) is 0 Å². The smallest absolute Gasteiger partial charge is 0.243 e. The maximum atomic E-state index is 12.3. The fourth-order valence-corrected chi connectivity index (χ4v) is 2.16. The summed E-state index contributed by atoms with van der Waals surface area (Å²) in [5.74, 6) is 0.452. The molecule has 0 aromatic heterocycles. The molecule has 0 saturated carbocycles. The van der Waals surface area contributed by atoms with E-state index in [1.54, 1.807) is 0 Å². The summed E-state index contributed by atoms with van der Waals surface area (Å²) in [6, 6.07) is 6.96. The van der Waals surface area contributed by atoms with Crippen LogP contribution in [0.2, 0.25) is 0 Å². The molecule has 0 unspecified atom stereocenters. The molecule has 2 atom stereocenters. The maximum Gasteiger partial charge on any atom is 0.243 e. The second-order valence-electron chi connectivity index (χ2n) is 5.65. The highest BCUT2D eigenvalue weighted by molar-refractivity contribution is 5.87. The standard InChI is InChI=1S/C17H26N2O3/c1-6-22-15-9-7-14(8-10-15)12(4)18-17(21)16(11(2)3)19-13(5)20/h7-12,16H,6H2,1-5H3,(H,18,21)(H,19,20)/t12-,16-/m0/s1. The molecule has 5 nitrogen and oxygen atoms in total. The molecule has 0 heterocycles. The second kappa shape index (κ2) is 8.41. The van der Waals surface area contributed by atoms with Crippen LogP contribution in [-0.2, 0) is 9.59 Å². The summed E-state index contributed by atoms with van der Waals surface area (Å²) in [7, 11) is 0. The van der Waals surface area contributed by atoms with Gasteiger partial charge in [-0.25, -0.2) is 0 Å². The monoisotopic (exact) mass is 306 g/mol. The number of carbonyl (C=O) groups excluding carboxylic acids is 2. The van der Waals surface area contributed by atoms with E-state index in [2.05, 4.69) is 10.6 Å². The van der Waals surface area contributed by atoms with Gasteiger partial charge in [0.25, 0.3) is 0 Å². The summed E-state index contributed by atoms with van der Waals surface area (Å²) in [5, 5.41) is 5.63. The number of hydrogen-bond acceptors (Lipinski definition) is 3. The van der Waals surface area contributed by atoms with Gasteiger partial charge in [0.1, 0.15) is 11.8 Å². The molecular weight excluding hydrogens is 280 g/mol. The van der Waals surface area contributed by atoms with E-state index < -0.39 is 6.04 Å². The predicted octanol–water partition coefficient (Wildman–Crippen LogP) is 2.42. The van der Waals surface area contributed by atoms with Gasteiger partial charge in [0, 0.05) is 6.92 Å². The van der Waals surface area contributed by atoms with Crippen molar-refractivity contribution in [2.45, 2.75) is 46.7 Å². The van der Waals surface area contributed by atoms with Gasteiger partial charge in [-0.3, -0.25) is 9.59 Å². The van der Waals surface area contributed by atoms with E-state index in [1.165, 1.54) is 6.92 Å². The van der Waals surface area contributed by atoms with Crippen LogP contribution in [0.5, 0.6) is 5.75 Å². The molecule has 0 fully saturated rings. The van der Waals surface area contributed by atoms with Crippen molar-refractivity contribution in [3.05, 3.63) is 29.8 Å². The van der Waals surface area contributed by atoms with Crippen LogP contribution in [0.3, 0.4) is 0 Å². The number of hydrogen-bond donors (Lipinski definition) is 2. The summed E-state index contributed by atoms with van der Waals surface area (Å²) < 4.78 is 5.40. The van der Waals surface area contributed by atoms with Gasteiger partial charge in [0.2, 0.25) is 11.8 Å². The van der Waals surface area contributed by atoms with Gasteiger partial charge in [-0.05, 0) is 37.5 Å². The number of carbonyl (C=O) groups is 2. The maximum absolute atomic E-state index is 12.3.